The lowest BCUT2D eigenvalue weighted by atomic mass is 9.89. The van der Waals surface area contributed by atoms with E-state index in [-0.39, 0.29) is 11.3 Å². The molecule has 1 aliphatic rings. The summed E-state index contributed by atoms with van der Waals surface area (Å²) in [7, 11) is 0. The van der Waals surface area contributed by atoms with Gasteiger partial charge in [-0.25, -0.2) is 0 Å². The lowest BCUT2D eigenvalue weighted by molar-refractivity contribution is -0.122. The first kappa shape index (κ1) is 13.3. The molecule has 0 radical (unpaired) electrons. The molecule has 1 aliphatic heterocycles. The molecule has 1 amide bonds. The standard InChI is InChI=1S/C15H16N2O2/c1-15(10-19-11-15)9-17-14(18)6-5-12-3-2-4-13(7-12)8-16/h2-7H,9-11H2,1H3,(H,17,18). The molecule has 0 spiro atoms. The molecule has 4 heteroatoms. The summed E-state index contributed by atoms with van der Waals surface area (Å²) in [6, 6.07) is 9.19. The number of nitrogens with zero attached hydrogens (tertiary/aromatic N) is 1. The van der Waals surface area contributed by atoms with E-state index < -0.39 is 0 Å². The van der Waals surface area contributed by atoms with E-state index in [4.69, 9.17) is 10.00 Å². The fourth-order valence-electron chi connectivity index (χ4n) is 1.80. The Labute approximate surface area is 112 Å². The fraction of sp³-hybridized carbons (Fsp3) is 0.333. The van der Waals surface area contributed by atoms with Crippen LogP contribution in [0.3, 0.4) is 0 Å². The van der Waals surface area contributed by atoms with E-state index in [1.807, 2.05) is 6.07 Å². The average Bonchev–Trinajstić information content (AvgIpc) is 2.41. The molecular weight excluding hydrogens is 240 g/mol. The van der Waals surface area contributed by atoms with Crippen LogP contribution in [0.25, 0.3) is 6.08 Å². The van der Waals surface area contributed by atoms with Crippen molar-refractivity contribution in [3.63, 3.8) is 0 Å². The molecule has 4 nitrogen and oxygen atoms in total. The second-order valence-corrected chi connectivity index (χ2v) is 5.09. The molecule has 1 N–H and O–H groups in total. The highest BCUT2D eigenvalue weighted by atomic mass is 16.5. The molecule has 0 aliphatic carbocycles. The van der Waals surface area contributed by atoms with Gasteiger partial charge in [-0.3, -0.25) is 4.79 Å². The van der Waals surface area contributed by atoms with Crippen LogP contribution >= 0.6 is 0 Å². The maximum absolute atomic E-state index is 11.7. The lowest BCUT2D eigenvalue weighted by Gasteiger charge is -2.37. The zero-order chi connectivity index (χ0) is 13.7. The molecule has 1 aromatic rings. The Bertz CT molecular complexity index is 539. The first-order valence-electron chi connectivity index (χ1n) is 6.15. The number of amides is 1. The number of ether oxygens (including phenoxy) is 1. The molecule has 0 aromatic heterocycles. The highest BCUT2D eigenvalue weighted by Gasteiger charge is 2.33. The second-order valence-electron chi connectivity index (χ2n) is 5.09. The number of hydrogen-bond acceptors (Lipinski definition) is 3. The van der Waals surface area contributed by atoms with Crippen LogP contribution in [0.1, 0.15) is 18.1 Å². The van der Waals surface area contributed by atoms with Crippen molar-refractivity contribution in [1.29, 1.82) is 5.26 Å². The molecule has 1 saturated heterocycles. The van der Waals surface area contributed by atoms with E-state index in [2.05, 4.69) is 18.3 Å². The zero-order valence-corrected chi connectivity index (χ0v) is 10.8. The van der Waals surface area contributed by atoms with Crippen molar-refractivity contribution in [2.75, 3.05) is 19.8 Å². The number of nitriles is 1. The highest BCUT2D eigenvalue weighted by molar-refractivity contribution is 5.91. The van der Waals surface area contributed by atoms with E-state index in [0.717, 1.165) is 5.56 Å². The van der Waals surface area contributed by atoms with Crippen LogP contribution in [0.4, 0.5) is 0 Å². The molecule has 0 saturated carbocycles. The second kappa shape index (κ2) is 5.68. The molecule has 0 atom stereocenters. The predicted molar refractivity (Wildman–Crippen MR) is 72.1 cm³/mol. The first-order chi connectivity index (χ1) is 9.11. The predicted octanol–water partition coefficient (Wildman–Crippen LogP) is 1.72. The molecule has 1 heterocycles. The van der Waals surface area contributed by atoms with Gasteiger partial charge in [0.05, 0.1) is 24.8 Å². The molecular formula is C15H16N2O2. The van der Waals surface area contributed by atoms with Crippen LogP contribution in [0.15, 0.2) is 30.3 Å². The number of carbonyl (C=O) groups is 1. The van der Waals surface area contributed by atoms with E-state index in [1.165, 1.54) is 6.08 Å². The number of benzene rings is 1. The Morgan fingerprint density at radius 3 is 3.00 bits per heavy atom. The average molecular weight is 256 g/mol. The summed E-state index contributed by atoms with van der Waals surface area (Å²) >= 11 is 0. The van der Waals surface area contributed by atoms with Gasteiger partial charge in [-0.1, -0.05) is 19.1 Å². The number of hydrogen-bond donors (Lipinski definition) is 1. The molecule has 1 fully saturated rings. The van der Waals surface area contributed by atoms with Crippen LogP contribution in [0.2, 0.25) is 0 Å². The Balaban J connectivity index is 1.87. The van der Waals surface area contributed by atoms with Crippen molar-refractivity contribution in [2.24, 2.45) is 5.41 Å². The van der Waals surface area contributed by atoms with Crippen molar-refractivity contribution < 1.29 is 9.53 Å². The van der Waals surface area contributed by atoms with Gasteiger partial charge in [0, 0.05) is 18.0 Å². The largest absolute Gasteiger partial charge is 0.380 e. The van der Waals surface area contributed by atoms with Crippen LogP contribution in [-0.4, -0.2) is 25.7 Å². The van der Waals surface area contributed by atoms with Gasteiger partial charge in [0.25, 0.3) is 0 Å². The summed E-state index contributed by atoms with van der Waals surface area (Å²) in [5.41, 5.74) is 1.50. The fourth-order valence-corrected chi connectivity index (χ4v) is 1.80. The van der Waals surface area contributed by atoms with Crippen LogP contribution in [0, 0.1) is 16.7 Å². The Kier molecular flexibility index (Phi) is 3.98. The van der Waals surface area contributed by atoms with Gasteiger partial charge in [-0.2, -0.15) is 5.26 Å². The van der Waals surface area contributed by atoms with Crippen molar-refractivity contribution in [1.82, 2.24) is 5.32 Å². The number of carbonyl (C=O) groups excluding carboxylic acids is 1. The maximum Gasteiger partial charge on any atom is 0.244 e. The molecule has 1 aromatic carbocycles. The normalized spacial score (nSPS) is 16.6. The van der Waals surface area contributed by atoms with Gasteiger partial charge in [-0.15, -0.1) is 0 Å². The summed E-state index contributed by atoms with van der Waals surface area (Å²) in [4.78, 5) is 11.7. The van der Waals surface area contributed by atoms with Gasteiger partial charge in [0.15, 0.2) is 0 Å². The van der Waals surface area contributed by atoms with Gasteiger partial charge >= 0.3 is 0 Å². The highest BCUT2D eigenvalue weighted by Crippen LogP contribution is 2.24. The van der Waals surface area contributed by atoms with Crippen molar-refractivity contribution in [2.45, 2.75) is 6.92 Å². The third-order valence-corrected chi connectivity index (χ3v) is 3.03. The molecule has 0 unspecified atom stereocenters. The summed E-state index contributed by atoms with van der Waals surface area (Å²) in [5.74, 6) is -0.129. The summed E-state index contributed by atoms with van der Waals surface area (Å²) in [6.45, 7) is 4.09. The molecule has 0 bridgehead atoms. The third-order valence-electron chi connectivity index (χ3n) is 3.03. The first-order valence-corrected chi connectivity index (χ1v) is 6.15. The van der Waals surface area contributed by atoms with Gasteiger partial charge < -0.3 is 10.1 Å². The van der Waals surface area contributed by atoms with Gasteiger partial charge in [0.2, 0.25) is 5.91 Å². The number of nitrogens with one attached hydrogen (secondary N) is 1. The summed E-state index contributed by atoms with van der Waals surface area (Å²) in [5, 5.41) is 11.6. The Morgan fingerprint density at radius 1 is 1.58 bits per heavy atom. The van der Waals surface area contributed by atoms with Gasteiger partial charge in [0.1, 0.15) is 0 Å². The Morgan fingerprint density at radius 2 is 2.37 bits per heavy atom. The number of rotatable bonds is 4. The summed E-state index contributed by atoms with van der Waals surface area (Å²) < 4.78 is 5.13. The van der Waals surface area contributed by atoms with Crippen LogP contribution in [0.5, 0.6) is 0 Å². The maximum atomic E-state index is 11.7. The van der Waals surface area contributed by atoms with Crippen molar-refractivity contribution in [3.05, 3.63) is 41.5 Å². The third kappa shape index (κ3) is 3.67. The van der Waals surface area contributed by atoms with Crippen LogP contribution < -0.4 is 5.32 Å². The smallest absolute Gasteiger partial charge is 0.244 e. The SMILES string of the molecule is CC1(CNC(=O)C=Cc2cccc(C#N)c2)COC1. The van der Waals surface area contributed by atoms with E-state index >= 15 is 0 Å². The van der Waals surface area contributed by atoms with E-state index in [1.54, 1.807) is 24.3 Å². The quantitative estimate of drug-likeness (QED) is 0.834. The molecule has 98 valence electrons. The topological polar surface area (TPSA) is 62.1 Å². The Hall–Kier alpha value is -2.12. The van der Waals surface area contributed by atoms with Crippen molar-refractivity contribution in [3.8, 4) is 6.07 Å². The summed E-state index contributed by atoms with van der Waals surface area (Å²) in [6.07, 6.45) is 3.19. The minimum absolute atomic E-state index is 0.0736. The van der Waals surface area contributed by atoms with Crippen LogP contribution in [-0.2, 0) is 9.53 Å². The van der Waals surface area contributed by atoms with E-state index in [0.29, 0.717) is 25.3 Å². The monoisotopic (exact) mass is 256 g/mol. The minimum Gasteiger partial charge on any atom is -0.380 e. The molecule has 19 heavy (non-hydrogen) atoms. The lowest BCUT2D eigenvalue weighted by Crippen LogP contribution is -2.48. The van der Waals surface area contributed by atoms with Crippen molar-refractivity contribution >= 4 is 12.0 Å². The molecule has 2 rings (SSSR count). The van der Waals surface area contributed by atoms with E-state index in [9.17, 15) is 4.79 Å². The van der Waals surface area contributed by atoms with Gasteiger partial charge in [-0.05, 0) is 23.8 Å². The zero-order valence-electron chi connectivity index (χ0n) is 10.8. The minimum atomic E-state index is -0.129.